The van der Waals surface area contributed by atoms with Crippen LogP contribution in [-0.2, 0) is 17.6 Å². The molecular formula is C16H14F2N4O2. The van der Waals surface area contributed by atoms with Gasteiger partial charge in [0.25, 0.3) is 0 Å². The Labute approximate surface area is 135 Å². The highest BCUT2D eigenvalue weighted by atomic mass is 19.2. The van der Waals surface area contributed by atoms with E-state index < -0.39 is 11.6 Å². The van der Waals surface area contributed by atoms with Gasteiger partial charge in [-0.2, -0.15) is 4.52 Å². The van der Waals surface area contributed by atoms with Crippen molar-refractivity contribution >= 4 is 17.4 Å². The third-order valence-corrected chi connectivity index (χ3v) is 3.45. The summed E-state index contributed by atoms with van der Waals surface area (Å²) in [4.78, 5) is 15.4. The molecule has 0 saturated heterocycles. The average molecular weight is 332 g/mol. The van der Waals surface area contributed by atoms with Gasteiger partial charge in [-0.25, -0.2) is 13.8 Å². The Morgan fingerprint density at radius 3 is 2.83 bits per heavy atom. The highest BCUT2D eigenvalue weighted by Gasteiger charge is 2.12. The van der Waals surface area contributed by atoms with E-state index in [-0.39, 0.29) is 29.6 Å². The van der Waals surface area contributed by atoms with Gasteiger partial charge in [-0.1, -0.05) is 12.1 Å². The molecule has 2 aromatic heterocycles. The van der Waals surface area contributed by atoms with Gasteiger partial charge in [0.1, 0.15) is 0 Å². The molecule has 0 saturated carbocycles. The van der Waals surface area contributed by atoms with Gasteiger partial charge < -0.3 is 10.4 Å². The van der Waals surface area contributed by atoms with E-state index in [1.54, 1.807) is 0 Å². The van der Waals surface area contributed by atoms with Crippen molar-refractivity contribution in [3.63, 3.8) is 0 Å². The number of aromatic nitrogens is 3. The number of amides is 1. The Hall–Kier alpha value is -3.03. The van der Waals surface area contributed by atoms with Crippen LogP contribution >= 0.6 is 0 Å². The average Bonchev–Trinajstić information content (AvgIpc) is 2.91. The summed E-state index contributed by atoms with van der Waals surface area (Å²) in [6.07, 6.45) is 0.546. The number of carbonyl (C=O) groups is 1. The fourth-order valence-corrected chi connectivity index (χ4v) is 2.38. The lowest BCUT2D eigenvalue weighted by Crippen LogP contribution is -2.06. The lowest BCUT2D eigenvalue weighted by atomic mass is 10.1. The Bertz CT molecular complexity index is 924. The molecule has 0 radical (unpaired) electrons. The second kappa shape index (κ2) is 6.23. The molecule has 3 rings (SSSR count). The van der Waals surface area contributed by atoms with E-state index in [0.29, 0.717) is 17.8 Å². The normalized spacial score (nSPS) is 11.0. The summed E-state index contributed by atoms with van der Waals surface area (Å²) in [5, 5.41) is 16.5. The number of aryl methyl sites for hydroxylation is 2. The molecule has 0 aliphatic carbocycles. The van der Waals surface area contributed by atoms with Crippen LogP contribution in [0.5, 0.6) is 5.88 Å². The molecule has 0 spiro atoms. The number of hydrogen-bond donors (Lipinski definition) is 2. The van der Waals surface area contributed by atoms with Crippen LogP contribution in [0.1, 0.15) is 18.2 Å². The van der Waals surface area contributed by atoms with Crippen LogP contribution in [0, 0.1) is 11.6 Å². The maximum Gasteiger partial charge on any atom is 0.222 e. The van der Waals surface area contributed by atoms with E-state index >= 15 is 0 Å². The first-order chi connectivity index (χ1) is 11.4. The Kier molecular flexibility index (Phi) is 4.11. The molecule has 0 bridgehead atoms. The monoisotopic (exact) mass is 332 g/mol. The first-order valence-corrected chi connectivity index (χ1v) is 7.23. The largest absolute Gasteiger partial charge is 0.493 e. The molecular weight excluding hydrogens is 318 g/mol. The second-order valence-electron chi connectivity index (χ2n) is 5.30. The van der Waals surface area contributed by atoms with Crippen molar-refractivity contribution in [3.05, 3.63) is 53.2 Å². The number of rotatable bonds is 4. The van der Waals surface area contributed by atoms with E-state index in [0.717, 1.165) is 6.07 Å². The fraction of sp³-hybridized carbons (Fsp3) is 0.188. The summed E-state index contributed by atoms with van der Waals surface area (Å²) in [5.41, 5.74) is 1.08. The first-order valence-electron chi connectivity index (χ1n) is 7.23. The molecule has 6 nitrogen and oxygen atoms in total. The van der Waals surface area contributed by atoms with Crippen molar-refractivity contribution < 1.29 is 18.7 Å². The van der Waals surface area contributed by atoms with Crippen molar-refractivity contribution in [3.8, 4) is 5.88 Å². The zero-order valence-electron chi connectivity index (χ0n) is 12.8. The summed E-state index contributed by atoms with van der Waals surface area (Å²) in [6.45, 7) is 1.34. The third kappa shape index (κ3) is 3.17. The van der Waals surface area contributed by atoms with Crippen molar-refractivity contribution in [1.82, 2.24) is 14.6 Å². The summed E-state index contributed by atoms with van der Waals surface area (Å²) in [6, 6.07) is 6.91. The number of nitrogens with one attached hydrogen (secondary N) is 1. The van der Waals surface area contributed by atoms with E-state index in [9.17, 15) is 18.7 Å². The summed E-state index contributed by atoms with van der Waals surface area (Å²) < 4.78 is 28.0. The Balaban J connectivity index is 1.84. The van der Waals surface area contributed by atoms with Crippen LogP contribution in [0.25, 0.3) is 5.65 Å². The minimum atomic E-state index is -0.894. The van der Waals surface area contributed by atoms with Gasteiger partial charge in [-0.15, -0.1) is 5.10 Å². The summed E-state index contributed by atoms with van der Waals surface area (Å²) >= 11 is 0. The summed E-state index contributed by atoms with van der Waals surface area (Å²) in [7, 11) is 0. The molecule has 2 heterocycles. The molecule has 0 aliphatic heterocycles. The molecule has 0 unspecified atom stereocenters. The standard InChI is InChI=1S/C16H14F2N4O2/c1-9(23)19-13-8-14-20-11(7-15(24)22(14)21-13)6-5-10-3-2-4-12(17)16(10)18/h2-4,7-8,24H,5-6H2,1H3,(H,19,21,23). The quantitative estimate of drug-likeness (QED) is 0.769. The minimum Gasteiger partial charge on any atom is -0.493 e. The zero-order valence-corrected chi connectivity index (χ0v) is 12.8. The zero-order chi connectivity index (χ0) is 17.3. The van der Waals surface area contributed by atoms with Crippen LogP contribution in [0.15, 0.2) is 30.3 Å². The van der Waals surface area contributed by atoms with E-state index in [1.165, 1.54) is 35.7 Å². The predicted molar refractivity (Wildman–Crippen MR) is 82.7 cm³/mol. The topological polar surface area (TPSA) is 79.5 Å². The number of anilines is 1. The highest BCUT2D eigenvalue weighted by Crippen LogP contribution is 2.19. The molecule has 24 heavy (non-hydrogen) atoms. The van der Waals surface area contributed by atoms with Crippen molar-refractivity contribution in [2.24, 2.45) is 0 Å². The van der Waals surface area contributed by atoms with Crippen molar-refractivity contribution in [2.45, 2.75) is 19.8 Å². The smallest absolute Gasteiger partial charge is 0.222 e. The molecule has 1 amide bonds. The highest BCUT2D eigenvalue weighted by molar-refractivity contribution is 5.88. The maximum absolute atomic E-state index is 13.7. The van der Waals surface area contributed by atoms with Gasteiger partial charge in [-0.05, 0) is 24.5 Å². The number of hydrogen-bond acceptors (Lipinski definition) is 4. The molecule has 1 aromatic carbocycles. The van der Waals surface area contributed by atoms with Crippen LogP contribution in [0.2, 0.25) is 0 Å². The molecule has 8 heteroatoms. The predicted octanol–water partition coefficient (Wildman–Crippen LogP) is 2.46. The summed E-state index contributed by atoms with van der Waals surface area (Å²) in [5.74, 6) is -1.96. The van der Waals surface area contributed by atoms with Crippen molar-refractivity contribution in [1.29, 1.82) is 0 Å². The molecule has 124 valence electrons. The van der Waals surface area contributed by atoms with Gasteiger partial charge in [0.2, 0.25) is 11.8 Å². The number of fused-ring (bicyclic) bond motifs is 1. The minimum absolute atomic E-state index is 0.161. The molecule has 0 fully saturated rings. The second-order valence-corrected chi connectivity index (χ2v) is 5.30. The van der Waals surface area contributed by atoms with Crippen LogP contribution in [0.4, 0.5) is 14.6 Å². The first kappa shape index (κ1) is 15.9. The molecule has 2 N–H and O–H groups in total. The van der Waals surface area contributed by atoms with Gasteiger partial charge in [-0.3, -0.25) is 4.79 Å². The molecule has 0 aliphatic rings. The van der Waals surface area contributed by atoms with Gasteiger partial charge in [0.15, 0.2) is 23.1 Å². The lowest BCUT2D eigenvalue weighted by molar-refractivity contribution is -0.114. The Morgan fingerprint density at radius 1 is 1.29 bits per heavy atom. The number of aromatic hydroxyl groups is 1. The maximum atomic E-state index is 13.7. The van der Waals surface area contributed by atoms with Gasteiger partial charge in [0.05, 0.1) is 0 Å². The fourth-order valence-electron chi connectivity index (χ4n) is 2.38. The molecule has 3 aromatic rings. The SMILES string of the molecule is CC(=O)Nc1cc2nc(CCc3cccc(F)c3F)cc(O)n2n1. The van der Waals surface area contributed by atoms with Crippen LogP contribution in [-0.4, -0.2) is 25.6 Å². The van der Waals surface area contributed by atoms with E-state index in [4.69, 9.17) is 0 Å². The van der Waals surface area contributed by atoms with Crippen LogP contribution in [0.3, 0.4) is 0 Å². The van der Waals surface area contributed by atoms with E-state index in [1.807, 2.05) is 0 Å². The number of halogens is 2. The van der Waals surface area contributed by atoms with Crippen molar-refractivity contribution in [2.75, 3.05) is 5.32 Å². The van der Waals surface area contributed by atoms with Gasteiger partial charge in [0, 0.05) is 24.8 Å². The van der Waals surface area contributed by atoms with E-state index in [2.05, 4.69) is 15.4 Å². The number of nitrogens with zero attached hydrogens (tertiary/aromatic N) is 3. The third-order valence-electron chi connectivity index (χ3n) is 3.45. The van der Waals surface area contributed by atoms with Gasteiger partial charge >= 0.3 is 0 Å². The number of carbonyl (C=O) groups excluding carboxylic acids is 1. The molecule has 0 atom stereocenters. The lowest BCUT2D eigenvalue weighted by Gasteiger charge is -2.05. The Morgan fingerprint density at radius 2 is 2.08 bits per heavy atom. The number of benzene rings is 1. The van der Waals surface area contributed by atoms with Crippen LogP contribution < -0.4 is 5.32 Å².